The lowest BCUT2D eigenvalue weighted by Crippen LogP contribution is -2.65. The average Bonchev–Trinajstić information content (AvgIpc) is 3.14. The number of rotatable bonds is 3. The maximum atomic E-state index is 15.6. The standard InChI is InChI=1S/C25H35FO7/c1-22(2)32-18-10-14-13-9-16(26)15-8-12(27)6-7-23(15,3)19(13)17(28)11-24(14,4)25(18,33-22)20(29)21(30)31-5/h8,13-14,16-19,21,28,30H,6-7,9-11H2,1-5H3/t13-,14-,16-,17-,18+,19+,21?,23-,24-,25-/m0/s1. The average molecular weight is 467 g/mol. The number of carbonyl (C=O) groups excluding carboxylic acids is 2. The molecule has 5 aliphatic rings. The molecule has 0 bridgehead atoms. The van der Waals surface area contributed by atoms with Crippen molar-refractivity contribution in [3.63, 3.8) is 0 Å². The first-order valence-corrected chi connectivity index (χ1v) is 12.0. The lowest BCUT2D eigenvalue weighted by atomic mass is 9.45. The van der Waals surface area contributed by atoms with Crippen LogP contribution in [0.2, 0.25) is 0 Å². The van der Waals surface area contributed by atoms with Crippen LogP contribution in [0.3, 0.4) is 0 Å². The van der Waals surface area contributed by atoms with Gasteiger partial charge in [0.25, 0.3) is 0 Å². The molecule has 7 nitrogen and oxygen atoms in total. The molecular formula is C25H35FO7. The zero-order valence-corrected chi connectivity index (χ0v) is 20.0. The van der Waals surface area contributed by atoms with Crippen LogP contribution in [-0.4, -0.2) is 64.9 Å². The molecule has 4 fully saturated rings. The van der Waals surface area contributed by atoms with E-state index in [9.17, 15) is 19.8 Å². The second-order valence-electron chi connectivity index (χ2n) is 11.7. The van der Waals surface area contributed by atoms with Gasteiger partial charge in [-0.1, -0.05) is 13.8 Å². The molecule has 33 heavy (non-hydrogen) atoms. The number of allylic oxidation sites excluding steroid dienone is 1. The van der Waals surface area contributed by atoms with Gasteiger partial charge in [-0.2, -0.15) is 0 Å². The van der Waals surface area contributed by atoms with Gasteiger partial charge in [-0.3, -0.25) is 9.59 Å². The zero-order valence-electron chi connectivity index (χ0n) is 20.0. The fourth-order valence-corrected chi connectivity index (χ4v) is 8.51. The highest BCUT2D eigenvalue weighted by Gasteiger charge is 2.78. The Morgan fingerprint density at radius 1 is 1.27 bits per heavy atom. The monoisotopic (exact) mass is 466 g/mol. The quantitative estimate of drug-likeness (QED) is 0.616. The summed E-state index contributed by atoms with van der Waals surface area (Å²) in [7, 11) is 1.25. The van der Waals surface area contributed by atoms with Crippen molar-refractivity contribution < 1.29 is 38.4 Å². The number of fused-ring (bicyclic) bond motifs is 7. The maximum absolute atomic E-state index is 15.6. The molecule has 0 aromatic heterocycles. The van der Waals surface area contributed by atoms with E-state index in [2.05, 4.69) is 0 Å². The number of methoxy groups -OCH3 is 1. The predicted octanol–water partition coefficient (Wildman–Crippen LogP) is 2.47. The zero-order chi connectivity index (χ0) is 24.1. The van der Waals surface area contributed by atoms with Crippen LogP contribution in [0.15, 0.2) is 11.6 Å². The van der Waals surface area contributed by atoms with Crippen molar-refractivity contribution in [1.29, 1.82) is 0 Å². The first kappa shape index (κ1) is 23.5. The van der Waals surface area contributed by atoms with Gasteiger partial charge in [0.15, 0.2) is 17.2 Å². The van der Waals surface area contributed by atoms with Crippen LogP contribution >= 0.6 is 0 Å². The summed E-state index contributed by atoms with van der Waals surface area (Å²) >= 11 is 0. The number of hydrogen-bond acceptors (Lipinski definition) is 7. The molecule has 8 heteroatoms. The minimum Gasteiger partial charge on any atom is -0.393 e. The van der Waals surface area contributed by atoms with Crippen LogP contribution in [-0.2, 0) is 23.8 Å². The molecular weight excluding hydrogens is 431 g/mol. The Bertz CT molecular complexity index is 916. The number of alkyl halides is 1. The Labute approximate surface area is 193 Å². The number of aliphatic hydroxyl groups is 2. The van der Waals surface area contributed by atoms with E-state index in [-0.39, 0.29) is 36.4 Å². The summed E-state index contributed by atoms with van der Waals surface area (Å²) in [6.45, 7) is 7.35. The van der Waals surface area contributed by atoms with Gasteiger partial charge in [0.1, 0.15) is 6.17 Å². The lowest BCUT2D eigenvalue weighted by molar-refractivity contribution is -0.236. The summed E-state index contributed by atoms with van der Waals surface area (Å²) in [6, 6.07) is 0. The normalized spacial score (nSPS) is 51.2. The highest BCUT2D eigenvalue weighted by atomic mass is 19.1. The first-order chi connectivity index (χ1) is 15.3. The molecule has 4 aliphatic carbocycles. The van der Waals surface area contributed by atoms with Gasteiger partial charge in [-0.15, -0.1) is 0 Å². The van der Waals surface area contributed by atoms with E-state index in [1.807, 2.05) is 13.8 Å². The molecule has 2 N–H and O–H groups in total. The van der Waals surface area contributed by atoms with E-state index >= 15 is 4.39 Å². The second-order valence-corrected chi connectivity index (χ2v) is 11.7. The first-order valence-electron chi connectivity index (χ1n) is 12.0. The summed E-state index contributed by atoms with van der Waals surface area (Å²) in [4.78, 5) is 25.7. The van der Waals surface area contributed by atoms with Gasteiger partial charge < -0.3 is 24.4 Å². The number of halogens is 1. The molecule has 3 saturated carbocycles. The fraction of sp³-hybridized carbons (Fsp3) is 0.840. The van der Waals surface area contributed by atoms with Crippen molar-refractivity contribution in [1.82, 2.24) is 0 Å². The molecule has 1 heterocycles. The third kappa shape index (κ3) is 2.91. The van der Waals surface area contributed by atoms with E-state index < -0.39 is 52.7 Å². The summed E-state index contributed by atoms with van der Waals surface area (Å²) in [5.74, 6) is -2.32. The Balaban J connectivity index is 1.61. The van der Waals surface area contributed by atoms with Gasteiger partial charge in [-0.05, 0) is 74.3 Å². The van der Waals surface area contributed by atoms with Crippen LogP contribution in [0.1, 0.15) is 59.8 Å². The summed E-state index contributed by atoms with van der Waals surface area (Å²) in [5.41, 5.74) is -2.49. The van der Waals surface area contributed by atoms with Gasteiger partial charge in [-0.25, -0.2) is 4.39 Å². The van der Waals surface area contributed by atoms with E-state index in [0.717, 1.165) is 0 Å². The highest BCUT2D eigenvalue weighted by Crippen LogP contribution is 2.71. The molecule has 1 unspecified atom stereocenters. The number of ketones is 2. The van der Waals surface area contributed by atoms with Gasteiger partial charge >= 0.3 is 0 Å². The van der Waals surface area contributed by atoms with Gasteiger partial charge in [0, 0.05) is 18.9 Å². The Morgan fingerprint density at radius 3 is 2.64 bits per heavy atom. The van der Waals surface area contributed by atoms with Crippen molar-refractivity contribution in [2.75, 3.05) is 7.11 Å². The molecule has 0 spiro atoms. The smallest absolute Gasteiger partial charge is 0.223 e. The molecule has 5 rings (SSSR count). The highest BCUT2D eigenvalue weighted by molar-refractivity contribution is 5.93. The Kier molecular flexibility index (Phi) is 5.11. The van der Waals surface area contributed by atoms with Gasteiger partial charge in [0.2, 0.25) is 12.1 Å². The fourth-order valence-electron chi connectivity index (χ4n) is 8.51. The van der Waals surface area contributed by atoms with E-state index in [4.69, 9.17) is 14.2 Å². The summed E-state index contributed by atoms with van der Waals surface area (Å²) in [6.07, 6.45) is -1.19. The van der Waals surface area contributed by atoms with Crippen molar-refractivity contribution in [2.45, 2.75) is 95.9 Å². The molecule has 10 atom stereocenters. The van der Waals surface area contributed by atoms with Crippen LogP contribution < -0.4 is 0 Å². The van der Waals surface area contributed by atoms with E-state index in [1.165, 1.54) is 13.2 Å². The van der Waals surface area contributed by atoms with E-state index in [1.54, 1.807) is 13.8 Å². The summed E-state index contributed by atoms with van der Waals surface area (Å²) < 4.78 is 33.1. The summed E-state index contributed by atoms with van der Waals surface area (Å²) in [5, 5.41) is 22.0. The number of carbonyl (C=O) groups is 2. The molecule has 0 aromatic carbocycles. The number of aliphatic hydroxyl groups excluding tert-OH is 2. The molecule has 184 valence electrons. The van der Waals surface area contributed by atoms with Crippen LogP contribution in [0.4, 0.5) is 4.39 Å². The molecule has 0 aromatic rings. The Morgan fingerprint density at radius 2 is 1.97 bits per heavy atom. The SMILES string of the molecule is COC(O)C(=O)[C@@]12OC(C)(C)O[C@@H]1C[C@H]1[C@@H]3C[C@H](F)C4=CC(=O)CC[C@]4(C)[C@H]3[C@@H](O)C[C@@]12C. The Hall–Kier alpha value is -1.19. The van der Waals surface area contributed by atoms with Crippen molar-refractivity contribution in [3.8, 4) is 0 Å². The van der Waals surface area contributed by atoms with Crippen molar-refractivity contribution in [2.24, 2.45) is 28.6 Å². The minimum absolute atomic E-state index is 0.0590. The van der Waals surface area contributed by atoms with Crippen LogP contribution in [0.25, 0.3) is 0 Å². The van der Waals surface area contributed by atoms with Crippen LogP contribution in [0.5, 0.6) is 0 Å². The topological polar surface area (TPSA) is 102 Å². The predicted molar refractivity (Wildman–Crippen MR) is 115 cm³/mol. The maximum Gasteiger partial charge on any atom is 0.223 e. The second kappa shape index (κ2) is 7.17. The number of Topliss-reactive ketones (excluding diaryl/α,β-unsaturated/α-hetero) is 1. The van der Waals surface area contributed by atoms with E-state index in [0.29, 0.717) is 24.8 Å². The number of ether oxygens (including phenoxy) is 3. The van der Waals surface area contributed by atoms with Crippen molar-refractivity contribution in [3.05, 3.63) is 11.6 Å². The van der Waals surface area contributed by atoms with Crippen LogP contribution in [0, 0.1) is 28.6 Å². The van der Waals surface area contributed by atoms with Crippen molar-refractivity contribution >= 4 is 11.6 Å². The molecule has 1 aliphatic heterocycles. The lowest BCUT2D eigenvalue weighted by Gasteiger charge is -2.61. The molecule has 1 saturated heterocycles. The largest absolute Gasteiger partial charge is 0.393 e. The van der Waals surface area contributed by atoms with Gasteiger partial charge in [0.05, 0.1) is 12.2 Å². The minimum atomic E-state index is -1.69. The third-order valence-corrected chi connectivity index (χ3v) is 9.68. The third-order valence-electron chi connectivity index (χ3n) is 9.68. The number of hydrogen-bond donors (Lipinski definition) is 2. The molecule has 0 amide bonds. The molecule has 0 radical (unpaired) electrons.